The monoisotopic (exact) mass is 548 g/mol. The third-order valence-corrected chi connectivity index (χ3v) is 6.77. The summed E-state index contributed by atoms with van der Waals surface area (Å²) in [6.07, 6.45) is 0.941. The largest absolute Gasteiger partial charge is 0.459 e. The summed E-state index contributed by atoms with van der Waals surface area (Å²) in [6.45, 7) is 6.25. The van der Waals surface area contributed by atoms with Gasteiger partial charge in [0.15, 0.2) is 11.2 Å². The molecule has 0 N–H and O–H groups in total. The average Bonchev–Trinajstić information content (AvgIpc) is 3.17. The predicted molar refractivity (Wildman–Crippen MR) is 147 cm³/mol. The molecule has 0 amide bonds. The van der Waals surface area contributed by atoms with Crippen molar-refractivity contribution in [3.63, 3.8) is 0 Å². The van der Waals surface area contributed by atoms with E-state index in [4.69, 9.17) is 13.6 Å². The molecule has 3 aromatic heterocycles. The highest BCUT2D eigenvalue weighted by molar-refractivity contribution is 6.01. The Bertz CT molecular complexity index is 1790. The lowest BCUT2D eigenvalue weighted by atomic mass is 10.2. The van der Waals surface area contributed by atoms with E-state index in [1.54, 1.807) is 20.0 Å². The Morgan fingerprint density at radius 3 is 2.30 bits per heavy atom. The zero-order valence-electron chi connectivity index (χ0n) is 22.1. The van der Waals surface area contributed by atoms with Gasteiger partial charge in [0.25, 0.3) is 11.1 Å². The number of hydrogen-bond acceptors (Lipinski definition) is 11. The van der Waals surface area contributed by atoms with Crippen molar-refractivity contribution in [2.75, 3.05) is 37.6 Å². The van der Waals surface area contributed by atoms with Gasteiger partial charge in [-0.15, -0.1) is 0 Å². The summed E-state index contributed by atoms with van der Waals surface area (Å²) >= 11 is 0. The molecule has 1 atom stereocenters. The molecule has 12 heteroatoms. The van der Waals surface area contributed by atoms with E-state index in [2.05, 4.69) is 14.8 Å². The van der Waals surface area contributed by atoms with Crippen LogP contribution in [0.5, 0.6) is 0 Å². The molecule has 1 fully saturated rings. The summed E-state index contributed by atoms with van der Waals surface area (Å²) in [4.78, 5) is 72.1. The third-order valence-electron chi connectivity index (χ3n) is 6.77. The Balaban J connectivity index is 1.46. The van der Waals surface area contributed by atoms with Gasteiger partial charge in [-0.2, -0.15) is 0 Å². The number of nitrogens with zero attached hydrogens (tertiary/aromatic N) is 4. The predicted octanol–water partition coefficient (Wildman–Crippen LogP) is 1.21. The normalized spacial score (nSPS) is 15.0. The van der Waals surface area contributed by atoms with Crippen LogP contribution in [0.25, 0.3) is 21.9 Å². The Hall–Kier alpha value is -4.58. The number of esters is 1. The average molecular weight is 549 g/mol. The van der Waals surface area contributed by atoms with Crippen molar-refractivity contribution in [1.29, 1.82) is 0 Å². The minimum Gasteiger partial charge on any atom is -0.459 e. The zero-order valence-corrected chi connectivity index (χ0v) is 22.1. The van der Waals surface area contributed by atoms with Crippen LogP contribution in [0.4, 0.5) is 5.82 Å². The molecule has 1 saturated heterocycles. The first kappa shape index (κ1) is 27.0. The van der Waals surface area contributed by atoms with Gasteiger partial charge in [0.05, 0.1) is 23.2 Å². The molecule has 1 aromatic carbocycles. The highest BCUT2D eigenvalue weighted by Gasteiger charge is 2.27. The molecule has 1 aliphatic rings. The van der Waals surface area contributed by atoms with E-state index in [0.717, 1.165) is 22.5 Å². The van der Waals surface area contributed by atoms with Gasteiger partial charge in [-0.3, -0.25) is 23.9 Å². The first-order valence-electron chi connectivity index (χ1n) is 12.9. The summed E-state index contributed by atoms with van der Waals surface area (Å²) in [6, 6.07) is 10.2. The lowest BCUT2D eigenvalue weighted by Gasteiger charge is -2.36. The molecule has 1 aliphatic heterocycles. The van der Waals surface area contributed by atoms with Gasteiger partial charge in [0.1, 0.15) is 11.9 Å². The minimum absolute atomic E-state index is 0.00457. The SMILES string of the molecule is CC(C)C(=O)OC(CN1CCN(c2ccccn2)CC1)Cn1c(=O)c2ccc3oc(=O)ccc(=O)oc3c2c1=O. The summed E-state index contributed by atoms with van der Waals surface area (Å²) in [7, 11) is 0. The van der Waals surface area contributed by atoms with Crippen molar-refractivity contribution in [2.24, 2.45) is 5.92 Å². The molecule has 4 heterocycles. The maximum absolute atomic E-state index is 13.5. The van der Waals surface area contributed by atoms with E-state index in [1.807, 2.05) is 18.2 Å². The van der Waals surface area contributed by atoms with Crippen LogP contribution in [-0.2, 0) is 16.1 Å². The van der Waals surface area contributed by atoms with E-state index in [0.29, 0.717) is 32.7 Å². The number of aromatic nitrogens is 2. The number of anilines is 1. The van der Waals surface area contributed by atoms with E-state index in [-0.39, 0.29) is 28.5 Å². The van der Waals surface area contributed by atoms with Crippen LogP contribution in [0.1, 0.15) is 13.8 Å². The van der Waals surface area contributed by atoms with Gasteiger partial charge in [-0.05, 0) is 24.3 Å². The highest BCUT2D eigenvalue weighted by atomic mass is 16.5. The number of carbonyl (C=O) groups is 1. The fourth-order valence-electron chi connectivity index (χ4n) is 4.71. The van der Waals surface area contributed by atoms with Crippen molar-refractivity contribution in [1.82, 2.24) is 14.5 Å². The van der Waals surface area contributed by atoms with Crippen LogP contribution in [0.2, 0.25) is 0 Å². The van der Waals surface area contributed by atoms with Crippen molar-refractivity contribution >= 4 is 33.7 Å². The Labute approximate surface area is 227 Å². The van der Waals surface area contributed by atoms with Gasteiger partial charge in [0.2, 0.25) is 0 Å². The Kier molecular flexibility index (Phi) is 7.60. The minimum atomic E-state index is -0.890. The van der Waals surface area contributed by atoms with Gasteiger partial charge >= 0.3 is 17.2 Å². The van der Waals surface area contributed by atoms with Gasteiger partial charge in [-0.25, -0.2) is 14.6 Å². The first-order valence-corrected chi connectivity index (χ1v) is 12.9. The quantitative estimate of drug-likeness (QED) is 0.307. The molecule has 208 valence electrons. The Morgan fingerprint density at radius 2 is 1.62 bits per heavy atom. The van der Waals surface area contributed by atoms with E-state index in [1.165, 1.54) is 12.1 Å². The number of piperazine rings is 1. The van der Waals surface area contributed by atoms with Gasteiger partial charge in [0, 0.05) is 51.1 Å². The molecule has 0 bridgehead atoms. The topological polar surface area (TPSA) is 145 Å². The van der Waals surface area contributed by atoms with Crippen molar-refractivity contribution < 1.29 is 18.4 Å². The molecule has 5 rings (SSSR count). The fraction of sp³-hybridized carbons (Fsp3) is 0.357. The number of fused-ring (bicyclic) bond motifs is 3. The van der Waals surface area contributed by atoms with E-state index in [9.17, 15) is 24.0 Å². The summed E-state index contributed by atoms with van der Waals surface area (Å²) in [5.74, 6) is 0.0201. The van der Waals surface area contributed by atoms with Crippen molar-refractivity contribution in [3.8, 4) is 0 Å². The number of carbonyl (C=O) groups excluding carboxylic acids is 1. The van der Waals surface area contributed by atoms with Crippen molar-refractivity contribution in [3.05, 3.63) is 90.2 Å². The summed E-state index contributed by atoms with van der Waals surface area (Å²) < 4.78 is 17.1. The second-order valence-electron chi connectivity index (χ2n) is 9.90. The van der Waals surface area contributed by atoms with Crippen molar-refractivity contribution in [2.45, 2.75) is 26.5 Å². The maximum Gasteiger partial charge on any atom is 0.336 e. The van der Waals surface area contributed by atoms with E-state index >= 15 is 0 Å². The second-order valence-corrected chi connectivity index (χ2v) is 9.90. The van der Waals surface area contributed by atoms with Crippen LogP contribution < -0.4 is 27.3 Å². The molecule has 0 aliphatic carbocycles. The van der Waals surface area contributed by atoms with Crippen LogP contribution in [-0.4, -0.2) is 59.2 Å². The number of hydrogen-bond donors (Lipinski definition) is 0. The molecule has 40 heavy (non-hydrogen) atoms. The molecular weight excluding hydrogens is 520 g/mol. The highest BCUT2D eigenvalue weighted by Crippen LogP contribution is 2.19. The van der Waals surface area contributed by atoms with Crippen LogP contribution in [0.15, 0.2) is 76.7 Å². The fourth-order valence-corrected chi connectivity index (χ4v) is 4.71. The molecule has 1 unspecified atom stereocenters. The number of rotatable bonds is 7. The zero-order chi connectivity index (χ0) is 28.4. The Morgan fingerprint density at radius 1 is 0.900 bits per heavy atom. The number of pyridine rings is 1. The van der Waals surface area contributed by atoms with Gasteiger partial charge in [-0.1, -0.05) is 19.9 Å². The maximum atomic E-state index is 13.5. The molecule has 0 saturated carbocycles. The van der Waals surface area contributed by atoms with Gasteiger partial charge < -0.3 is 18.5 Å². The second kappa shape index (κ2) is 11.3. The van der Waals surface area contributed by atoms with Crippen LogP contribution in [0.3, 0.4) is 0 Å². The number of benzene rings is 1. The van der Waals surface area contributed by atoms with E-state index < -0.39 is 40.4 Å². The summed E-state index contributed by atoms with van der Waals surface area (Å²) in [5, 5.41) is -0.188. The standard InChI is InChI=1S/C28H28N4O8/c1-17(2)28(37)38-18(15-30-11-13-31(14-12-30)21-5-3-4-10-29-21)16-32-26(35)19-6-7-20-25(24(19)27(32)36)40-23(34)9-8-22(33)39-20/h3-10,17-18H,11-16H2,1-2H3. The molecule has 12 nitrogen and oxygen atoms in total. The lowest BCUT2D eigenvalue weighted by molar-refractivity contribution is -0.154. The molecule has 0 spiro atoms. The molecule has 4 aromatic rings. The molecular formula is C28H28N4O8. The molecule has 0 radical (unpaired) electrons. The lowest BCUT2D eigenvalue weighted by Crippen LogP contribution is -2.50. The summed E-state index contributed by atoms with van der Waals surface area (Å²) in [5.41, 5.74) is -3.54. The smallest absolute Gasteiger partial charge is 0.336 e. The third kappa shape index (κ3) is 5.57. The number of ether oxygens (including phenoxy) is 1. The first-order chi connectivity index (χ1) is 19.2. The van der Waals surface area contributed by atoms with Crippen LogP contribution in [0, 0.1) is 5.92 Å². The van der Waals surface area contributed by atoms with Crippen LogP contribution >= 0.6 is 0 Å².